The average molecular weight is 321 g/mol. The number of urea groups is 1. The molecule has 24 heavy (non-hydrogen) atoms. The number of aliphatic imine (C=N–C) groups is 1. The normalized spacial score (nSPS) is 13.4. The number of carbonyl (C=O) groups is 1. The highest BCUT2D eigenvalue weighted by Crippen LogP contribution is 2.20. The van der Waals surface area contributed by atoms with Crippen LogP contribution in [0.25, 0.3) is 5.76 Å². The fraction of sp³-hybridized carbons (Fsp3) is 0.158. The van der Waals surface area contributed by atoms with Gasteiger partial charge in [-0.2, -0.15) is 0 Å². The van der Waals surface area contributed by atoms with Crippen LogP contribution in [0.4, 0.5) is 10.5 Å². The molecule has 2 N–H and O–H groups in total. The molecule has 2 aromatic rings. The van der Waals surface area contributed by atoms with E-state index in [1.165, 1.54) is 0 Å². The summed E-state index contributed by atoms with van der Waals surface area (Å²) in [5.74, 6) is 0.740. The van der Waals surface area contributed by atoms with Gasteiger partial charge in [-0.1, -0.05) is 30.3 Å². The molecule has 0 spiro atoms. The summed E-state index contributed by atoms with van der Waals surface area (Å²) in [5, 5.41) is 5.64. The third-order valence-corrected chi connectivity index (χ3v) is 3.52. The lowest BCUT2D eigenvalue weighted by Gasteiger charge is -2.10. The van der Waals surface area contributed by atoms with E-state index in [0.29, 0.717) is 13.2 Å². The van der Waals surface area contributed by atoms with Gasteiger partial charge in [-0.3, -0.25) is 4.99 Å². The number of nitrogens with zero attached hydrogens (tertiary/aromatic N) is 1. The molecule has 5 heteroatoms. The van der Waals surface area contributed by atoms with Crippen LogP contribution in [0.3, 0.4) is 0 Å². The summed E-state index contributed by atoms with van der Waals surface area (Å²) in [6.45, 7) is 1.11. The van der Waals surface area contributed by atoms with E-state index in [-0.39, 0.29) is 6.03 Å². The van der Waals surface area contributed by atoms with Crippen molar-refractivity contribution in [2.24, 2.45) is 4.99 Å². The van der Waals surface area contributed by atoms with Crippen LogP contribution < -0.4 is 10.6 Å². The molecule has 0 saturated carbocycles. The van der Waals surface area contributed by atoms with Crippen molar-refractivity contribution < 1.29 is 9.53 Å². The molecular formula is C19H19N3O2. The summed E-state index contributed by atoms with van der Waals surface area (Å²) < 4.78 is 5.63. The first-order chi connectivity index (χ1) is 11.8. The van der Waals surface area contributed by atoms with Crippen LogP contribution in [-0.4, -0.2) is 18.9 Å². The Morgan fingerprint density at radius 3 is 2.67 bits per heavy atom. The Kier molecular flexibility index (Phi) is 5.24. The second kappa shape index (κ2) is 7.97. The van der Waals surface area contributed by atoms with E-state index in [2.05, 4.69) is 15.6 Å². The van der Waals surface area contributed by atoms with Gasteiger partial charge in [0.1, 0.15) is 5.76 Å². The van der Waals surface area contributed by atoms with E-state index in [9.17, 15) is 4.79 Å². The van der Waals surface area contributed by atoms with Gasteiger partial charge in [-0.15, -0.1) is 0 Å². The Labute approximate surface area is 141 Å². The second-order valence-corrected chi connectivity index (χ2v) is 5.33. The highest BCUT2D eigenvalue weighted by Gasteiger charge is 2.06. The van der Waals surface area contributed by atoms with Crippen molar-refractivity contribution in [2.45, 2.75) is 13.0 Å². The molecule has 0 unspecified atom stereocenters. The van der Waals surface area contributed by atoms with Crippen molar-refractivity contribution in [1.82, 2.24) is 5.32 Å². The number of rotatable bonds is 4. The maximum absolute atomic E-state index is 11.9. The van der Waals surface area contributed by atoms with Crippen LogP contribution in [0.2, 0.25) is 0 Å². The number of carbonyl (C=O) groups excluding carboxylic acids is 1. The minimum Gasteiger partial charge on any atom is -0.491 e. The van der Waals surface area contributed by atoms with Crippen LogP contribution in [-0.2, 0) is 11.3 Å². The monoisotopic (exact) mass is 321 g/mol. The molecule has 0 radical (unpaired) electrons. The predicted octanol–water partition coefficient (Wildman–Crippen LogP) is 3.80. The first kappa shape index (κ1) is 15.8. The van der Waals surface area contributed by atoms with E-state index in [1.54, 1.807) is 6.20 Å². The van der Waals surface area contributed by atoms with Gasteiger partial charge < -0.3 is 15.4 Å². The van der Waals surface area contributed by atoms with Crippen LogP contribution in [0.15, 0.2) is 65.8 Å². The zero-order valence-electron chi connectivity index (χ0n) is 13.2. The molecule has 1 aliphatic heterocycles. The van der Waals surface area contributed by atoms with Crippen molar-refractivity contribution in [1.29, 1.82) is 0 Å². The topological polar surface area (TPSA) is 62.7 Å². The smallest absolute Gasteiger partial charge is 0.319 e. The summed E-state index contributed by atoms with van der Waals surface area (Å²) in [6, 6.07) is 17.0. The SMILES string of the molecule is O=C(NCc1ccccc1)Nc1ccc(C2=CN=CCCO2)cc1. The molecule has 2 amide bonds. The predicted molar refractivity (Wildman–Crippen MR) is 95.8 cm³/mol. The summed E-state index contributed by atoms with van der Waals surface area (Å²) >= 11 is 0. The van der Waals surface area contributed by atoms with Crippen LogP contribution in [0.5, 0.6) is 0 Å². The van der Waals surface area contributed by atoms with Crippen molar-refractivity contribution in [3.8, 4) is 0 Å². The Bertz CT molecular complexity index is 737. The standard InChI is InChI=1S/C19H19N3O2/c23-19(21-13-15-5-2-1-3-6-15)22-17-9-7-16(8-10-17)18-14-20-11-4-12-24-18/h1-3,5-11,14H,4,12-13H2,(H2,21,22,23). The second-order valence-electron chi connectivity index (χ2n) is 5.33. The summed E-state index contributed by atoms with van der Waals surface area (Å²) in [6.07, 6.45) is 4.35. The fourth-order valence-electron chi connectivity index (χ4n) is 2.28. The van der Waals surface area contributed by atoms with Crippen molar-refractivity contribution in [2.75, 3.05) is 11.9 Å². The molecule has 122 valence electrons. The summed E-state index contributed by atoms with van der Waals surface area (Å²) in [5.41, 5.74) is 2.72. The zero-order chi connectivity index (χ0) is 16.6. The number of ether oxygens (including phenoxy) is 1. The van der Waals surface area contributed by atoms with Gasteiger partial charge in [0.2, 0.25) is 0 Å². The third kappa shape index (κ3) is 4.46. The number of hydrogen-bond donors (Lipinski definition) is 2. The Balaban J connectivity index is 1.55. The lowest BCUT2D eigenvalue weighted by atomic mass is 10.2. The first-order valence-corrected chi connectivity index (χ1v) is 7.85. The molecule has 5 nitrogen and oxygen atoms in total. The van der Waals surface area contributed by atoms with E-state index in [4.69, 9.17) is 4.74 Å². The third-order valence-electron chi connectivity index (χ3n) is 3.52. The first-order valence-electron chi connectivity index (χ1n) is 7.85. The molecule has 1 heterocycles. The minimum atomic E-state index is -0.235. The molecule has 1 aliphatic rings. The van der Waals surface area contributed by atoms with Gasteiger partial charge in [-0.25, -0.2) is 4.79 Å². The van der Waals surface area contributed by atoms with Crippen LogP contribution >= 0.6 is 0 Å². The quantitative estimate of drug-likeness (QED) is 0.900. The molecule has 2 aromatic carbocycles. The lowest BCUT2D eigenvalue weighted by molar-refractivity contribution is 0.251. The van der Waals surface area contributed by atoms with E-state index < -0.39 is 0 Å². The highest BCUT2D eigenvalue weighted by molar-refractivity contribution is 5.89. The maximum Gasteiger partial charge on any atom is 0.319 e. The van der Waals surface area contributed by atoms with Gasteiger partial charge >= 0.3 is 6.03 Å². The lowest BCUT2D eigenvalue weighted by Crippen LogP contribution is -2.28. The Morgan fingerprint density at radius 2 is 1.88 bits per heavy atom. The van der Waals surface area contributed by atoms with E-state index >= 15 is 0 Å². The molecular weight excluding hydrogens is 302 g/mol. The summed E-state index contributed by atoms with van der Waals surface area (Å²) in [7, 11) is 0. The number of anilines is 1. The van der Waals surface area contributed by atoms with E-state index in [0.717, 1.165) is 29.0 Å². The number of benzene rings is 2. The largest absolute Gasteiger partial charge is 0.491 e. The van der Waals surface area contributed by atoms with Crippen molar-refractivity contribution >= 4 is 23.7 Å². The minimum absolute atomic E-state index is 0.235. The van der Waals surface area contributed by atoms with Gasteiger partial charge in [0.15, 0.2) is 0 Å². The molecule has 3 rings (SSSR count). The van der Waals surface area contributed by atoms with Gasteiger partial charge in [0.25, 0.3) is 0 Å². The molecule has 0 atom stereocenters. The number of amides is 2. The number of nitrogens with one attached hydrogen (secondary N) is 2. The van der Waals surface area contributed by atoms with Crippen molar-refractivity contribution in [3.63, 3.8) is 0 Å². The maximum atomic E-state index is 11.9. The molecule has 0 aromatic heterocycles. The zero-order valence-corrected chi connectivity index (χ0v) is 13.2. The molecule has 0 saturated heterocycles. The van der Waals surface area contributed by atoms with Crippen LogP contribution in [0, 0.1) is 0 Å². The average Bonchev–Trinajstić information content (AvgIpc) is 2.91. The van der Waals surface area contributed by atoms with Crippen molar-refractivity contribution in [3.05, 3.63) is 71.9 Å². The highest BCUT2D eigenvalue weighted by atomic mass is 16.5. The molecule has 0 aliphatic carbocycles. The van der Waals surface area contributed by atoms with E-state index in [1.807, 2.05) is 60.8 Å². The van der Waals surface area contributed by atoms with Gasteiger partial charge in [-0.05, 0) is 29.8 Å². The van der Waals surface area contributed by atoms with Gasteiger partial charge in [0, 0.05) is 30.4 Å². The fourth-order valence-corrected chi connectivity index (χ4v) is 2.28. The number of hydrogen-bond acceptors (Lipinski definition) is 3. The Hall–Kier alpha value is -3.08. The summed E-state index contributed by atoms with van der Waals surface area (Å²) in [4.78, 5) is 16.1. The van der Waals surface area contributed by atoms with Gasteiger partial charge in [0.05, 0.1) is 12.8 Å². The molecule has 0 fully saturated rings. The Morgan fingerprint density at radius 1 is 1.08 bits per heavy atom. The van der Waals surface area contributed by atoms with Crippen LogP contribution in [0.1, 0.15) is 17.5 Å². The molecule has 0 bridgehead atoms.